The summed E-state index contributed by atoms with van der Waals surface area (Å²) in [6.45, 7) is 0. The number of likely N-dealkylation sites (N-methyl/N-ethyl adjacent to an activating group) is 1. The zero-order valence-corrected chi connectivity index (χ0v) is 21.3. The Kier molecular flexibility index (Phi) is 6.47. The lowest BCUT2D eigenvalue weighted by Gasteiger charge is -2.25. The average Bonchev–Trinajstić information content (AvgIpc) is 3.23. The Morgan fingerprint density at radius 1 is 1.03 bits per heavy atom. The molecule has 9 heteroatoms. The van der Waals surface area contributed by atoms with Crippen LogP contribution in [-0.2, 0) is 38.0 Å². The highest BCUT2D eigenvalue weighted by Gasteiger charge is 2.29. The number of nitrogens with zero attached hydrogens (tertiary/aromatic N) is 1. The molecule has 1 atom stereocenters. The number of hydrogen-bond donors (Lipinski definition) is 2. The summed E-state index contributed by atoms with van der Waals surface area (Å²) >= 11 is 0. The first kappa shape index (κ1) is 24.6. The SMILES string of the molecule is COc1ccc(N(C)C(=O)C2Cc3cccc(c3)S(=O)(=O)Cc3[nH]c4ccccc4c3CC(=O)N2)cc1. The number of amides is 2. The first-order valence-corrected chi connectivity index (χ1v) is 13.5. The molecule has 0 saturated carbocycles. The number of fused-ring (bicyclic) bond motifs is 5. The number of nitrogens with one attached hydrogen (secondary N) is 2. The van der Waals surface area contributed by atoms with Crippen molar-refractivity contribution in [3.05, 3.63) is 89.6 Å². The number of sulfone groups is 1. The Morgan fingerprint density at radius 3 is 2.54 bits per heavy atom. The quantitative estimate of drug-likeness (QED) is 0.433. The van der Waals surface area contributed by atoms with Gasteiger partial charge in [-0.25, -0.2) is 8.42 Å². The second-order valence-electron chi connectivity index (χ2n) is 9.13. The predicted octanol–water partition coefficient (Wildman–Crippen LogP) is 3.40. The van der Waals surface area contributed by atoms with Crippen molar-refractivity contribution in [3.8, 4) is 5.75 Å². The number of ether oxygens (including phenoxy) is 1. The summed E-state index contributed by atoms with van der Waals surface area (Å²) in [4.78, 5) is 31.7. The third-order valence-electron chi connectivity index (χ3n) is 6.69. The van der Waals surface area contributed by atoms with Gasteiger partial charge in [-0.1, -0.05) is 30.3 Å². The summed E-state index contributed by atoms with van der Waals surface area (Å²) in [7, 11) is -0.491. The van der Waals surface area contributed by atoms with E-state index in [0.717, 1.165) is 10.9 Å². The normalized spacial score (nSPS) is 17.1. The fraction of sp³-hybridized carbons (Fsp3) is 0.214. The van der Waals surface area contributed by atoms with Crippen molar-refractivity contribution >= 4 is 38.2 Å². The number of carbonyl (C=O) groups is 2. The smallest absolute Gasteiger partial charge is 0.249 e. The van der Waals surface area contributed by atoms with Gasteiger partial charge in [0.25, 0.3) is 0 Å². The molecule has 1 aliphatic rings. The Hall–Kier alpha value is -4.11. The highest BCUT2D eigenvalue weighted by Crippen LogP contribution is 2.28. The van der Waals surface area contributed by atoms with Crippen LogP contribution in [0.25, 0.3) is 10.9 Å². The van der Waals surface area contributed by atoms with Gasteiger partial charge in [0, 0.05) is 35.8 Å². The molecule has 37 heavy (non-hydrogen) atoms. The molecule has 0 radical (unpaired) electrons. The van der Waals surface area contributed by atoms with E-state index in [0.29, 0.717) is 28.3 Å². The van der Waals surface area contributed by atoms with E-state index in [9.17, 15) is 18.0 Å². The molecule has 1 unspecified atom stereocenters. The average molecular weight is 518 g/mol. The van der Waals surface area contributed by atoms with Crippen LogP contribution in [0, 0.1) is 0 Å². The molecule has 0 spiro atoms. The van der Waals surface area contributed by atoms with Crippen LogP contribution in [0.1, 0.15) is 16.8 Å². The van der Waals surface area contributed by atoms with E-state index in [1.165, 1.54) is 4.90 Å². The molecule has 8 nitrogen and oxygen atoms in total. The van der Waals surface area contributed by atoms with Gasteiger partial charge in [0.2, 0.25) is 11.8 Å². The van der Waals surface area contributed by atoms with E-state index in [1.54, 1.807) is 62.7 Å². The molecule has 190 valence electrons. The van der Waals surface area contributed by atoms with Crippen LogP contribution in [0.5, 0.6) is 5.75 Å². The van der Waals surface area contributed by atoms with Crippen molar-refractivity contribution in [3.63, 3.8) is 0 Å². The summed E-state index contributed by atoms with van der Waals surface area (Å²) in [6, 6.07) is 20.1. The number of para-hydroxylation sites is 1. The predicted molar refractivity (Wildman–Crippen MR) is 141 cm³/mol. The molecule has 1 aliphatic heterocycles. The van der Waals surface area contributed by atoms with Gasteiger partial charge in [-0.05, 0) is 53.6 Å². The summed E-state index contributed by atoms with van der Waals surface area (Å²) in [6.07, 6.45) is 0.0913. The fourth-order valence-corrected chi connectivity index (χ4v) is 6.14. The number of aromatic nitrogens is 1. The Bertz CT molecular complexity index is 1590. The lowest BCUT2D eigenvalue weighted by Crippen LogP contribution is -2.49. The zero-order chi connectivity index (χ0) is 26.2. The van der Waals surface area contributed by atoms with Crippen LogP contribution < -0.4 is 15.0 Å². The number of anilines is 1. The van der Waals surface area contributed by atoms with Crippen molar-refractivity contribution in [2.24, 2.45) is 0 Å². The van der Waals surface area contributed by atoms with Gasteiger partial charge in [-0.15, -0.1) is 0 Å². The first-order valence-electron chi connectivity index (χ1n) is 11.9. The maximum Gasteiger partial charge on any atom is 0.249 e. The van der Waals surface area contributed by atoms with E-state index in [4.69, 9.17) is 4.74 Å². The summed E-state index contributed by atoms with van der Waals surface area (Å²) < 4.78 is 31.9. The van der Waals surface area contributed by atoms with Crippen LogP contribution in [0.2, 0.25) is 0 Å². The number of rotatable bonds is 3. The first-order chi connectivity index (χ1) is 17.7. The minimum absolute atomic E-state index is 0.0567. The summed E-state index contributed by atoms with van der Waals surface area (Å²) in [5.74, 6) is -0.267. The van der Waals surface area contributed by atoms with Gasteiger partial charge in [-0.2, -0.15) is 0 Å². The molecule has 4 aromatic rings. The van der Waals surface area contributed by atoms with Gasteiger partial charge in [0.05, 0.1) is 24.2 Å². The van der Waals surface area contributed by atoms with Gasteiger partial charge in [0.1, 0.15) is 11.8 Å². The molecule has 2 bridgehead atoms. The zero-order valence-electron chi connectivity index (χ0n) is 20.5. The fourth-order valence-electron chi connectivity index (χ4n) is 4.73. The monoisotopic (exact) mass is 517 g/mol. The maximum atomic E-state index is 13.6. The number of H-pyrrole nitrogens is 1. The molecule has 0 fully saturated rings. The molecule has 2 heterocycles. The van der Waals surface area contributed by atoms with E-state index >= 15 is 0 Å². The summed E-state index contributed by atoms with van der Waals surface area (Å²) in [5, 5.41) is 3.70. The third-order valence-corrected chi connectivity index (χ3v) is 8.34. The van der Waals surface area contributed by atoms with E-state index in [-0.39, 0.29) is 35.3 Å². The molecule has 0 saturated heterocycles. The second kappa shape index (κ2) is 9.74. The maximum absolute atomic E-state index is 13.6. The molecule has 2 N–H and O–H groups in total. The second-order valence-corrected chi connectivity index (χ2v) is 11.1. The number of methoxy groups -OCH3 is 1. The molecule has 5 rings (SSSR count). The highest BCUT2D eigenvalue weighted by atomic mass is 32.2. The van der Waals surface area contributed by atoms with Gasteiger partial charge in [0.15, 0.2) is 9.84 Å². The molecule has 0 aliphatic carbocycles. The van der Waals surface area contributed by atoms with Crippen molar-refractivity contribution in [2.45, 2.75) is 29.5 Å². The van der Waals surface area contributed by atoms with Gasteiger partial charge >= 0.3 is 0 Å². The Morgan fingerprint density at radius 2 is 1.78 bits per heavy atom. The van der Waals surface area contributed by atoms with Crippen LogP contribution >= 0.6 is 0 Å². The van der Waals surface area contributed by atoms with Crippen molar-refractivity contribution in [1.82, 2.24) is 10.3 Å². The van der Waals surface area contributed by atoms with E-state index < -0.39 is 15.9 Å². The van der Waals surface area contributed by atoms with Crippen LogP contribution in [0.4, 0.5) is 5.69 Å². The third kappa shape index (κ3) is 4.95. The van der Waals surface area contributed by atoms with Gasteiger partial charge in [-0.3, -0.25) is 9.59 Å². The lowest BCUT2D eigenvalue weighted by atomic mass is 10.0. The molecule has 2 amide bonds. The molecule has 1 aromatic heterocycles. The number of benzene rings is 3. The Labute approximate surface area is 215 Å². The van der Waals surface area contributed by atoms with E-state index in [1.807, 2.05) is 24.3 Å². The molecule has 3 aromatic carbocycles. The number of aromatic amines is 1. The van der Waals surface area contributed by atoms with Crippen molar-refractivity contribution in [2.75, 3.05) is 19.1 Å². The minimum atomic E-state index is -3.70. The standard InChI is InChI=1S/C28H27N3O5S/c1-31(19-10-12-20(36-2)13-11-19)28(33)25-15-18-6-5-7-21(14-18)37(34,35)17-26-23(16-27(32)30-25)22-8-3-4-9-24(22)29-26/h3-14,25,29H,15-17H2,1-2H3,(H,30,32). The van der Waals surface area contributed by atoms with Crippen LogP contribution in [0.15, 0.2) is 77.7 Å². The molecular weight excluding hydrogens is 490 g/mol. The largest absolute Gasteiger partial charge is 0.497 e. The summed E-state index contributed by atoms with van der Waals surface area (Å²) in [5.41, 5.74) is 3.12. The number of carbonyl (C=O) groups excluding carboxylic acids is 2. The van der Waals surface area contributed by atoms with E-state index in [2.05, 4.69) is 10.3 Å². The van der Waals surface area contributed by atoms with Crippen molar-refractivity contribution in [1.29, 1.82) is 0 Å². The van der Waals surface area contributed by atoms with Crippen LogP contribution in [0.3, 0.4) is 0 Å². The number of hydrogen-bond acceptors (Lipinski definition) is 5. The minimum Gasteiger partial charge on any atom is -0.497 e. The van der Waals surface area contributed by atoms with Gasteiger partial charge < -0.3 is 19.9 Å². The Balaban J connectivity index is 1.56. The van der Waals surface area contributed by atoms with Crippen molar-refractivity contribution < 1.29 is 22.7 Å². The molecular formula is C28H27N3O5S. The topological polar surface area (TPSA) is 109 Å². The highest BCUT2D eigenvalue weighted by molar-refractivity contribution is 7.90. The van der Waals surface area contributed by atoms with Crippen LogP contribution in [-0.4, -0.2) is 45.4 Å². The lowest BCUT2D eigenvalue weighted by molar-refractivity contribution is -0.127.